The van der Waals surface area contributed by atoms with E-state index in [9.17, 15) is 4.79 Å². The van der Waals surface area contributed by atoms with E-state index in [1.54, 1.807) is 19.3 Å². The van der Waals surface area contributed by atoms with Gasteiger partial charge in [-0.15, -0.1) is 0 Å². The molecule has 0 spiro atoms. The Balaban J connectivity index is 1.84. The monoisotopic (exact) mass is 313 g/mol. The Labute approximate surface area is 136 Å². The molecule has 1 aliphatic heterocycles. The number of amides is 1. The van der Waals surface area contributed by atoms with Crippen LogP contribution in [0.15, 0.2) is 18.6 Å². The summed E-state index contributed by atoms with van der Waals surface area (Å²) in [6.07, 6.45) is 8.36. The van der Waals surface area contributed by atoms with Gasteiger partial charge in [0.1, 0.15) is 11.5 Å². The molecule has 1 amide bonds. The van der Waals surface area contributed by atoms with Gasteiger partial charge in [0.05, 0.1) is 17.6 Å². The van der Waals surface area contributed by atoms with E-state index in [2.05, 4.69) is 15.0 Å². The first-order chi connectivity index (χ1) is 11.1. The van der Waals surface area contributed by atoms with E-state index in [4.69, 9.17) is 0 Å². The van der Waals surface area contributed by atoms with E-state index in [-0.39, 0.29) is 5.91 Å². The number of imidazole rings is 1. The fourth-order valence-corrected chi connectivity index (χ4v) is 3.24. The van der Waals surface area contributed by atoms with E-state index in [0.717, 1.165) is 55.3 Å². The number of piperidine rings is 1. The predicted molar refractivity (Wildman–Crippen MR) is 87.7 cm³/mol. The minimum absolute atomic E-state index is 0.163. The number of aromatic nitrogens is 4. The molecule has 0 aliphatic carbocycles. The lowest BCUT2D eigenvalue weighted by Gasteiger charge is -2.32. The van der Waals surface area contributed by atoms with E-state index in [0.29, 0.717) is 5.92 Å². The summed E-state index contributed by atoms with van der Waals surface area (Å²) in [6, 6.07) is 0. The number of rotatable bonds is 3. The van der Waals surface area contributed by atoms with E-state index < -0.39 is 0 Å². The van der Waals surface area contributed by atoms with Crippen LogP contribution in [0, 0.1) is 12.8 Å². The third-order valence-electron chi connectivity index (χ3n) is 4.68. The van der Waals surface area contributed by atoms with Crippen LogP contribution in [0.1, 0.15) is 31.3 Å². The maximum atomic E-state index is 11.6. The summed E-state index contributed by atoms with van der Waals surface area (Å²) in [5, 5.41) is 0. The van der Waals surface area contributed by atoms with Crippen LogP contribution in [-0.4, -0.2) is 43.4 Å². The van der Waals surface area contributed by atoms with Crippen molar-refractivity contribution < 1.29 is 4.79 Å². The van der Waals surface area contributed by atoms with Gasteiger partial charge in [0.15, 0.2) is 0 Å². The van der Waals surface area contributed by atoms with Gasteiger partial charge in [-0.25, -0.2) is 4.98 Å². The number of hydrogen-bond donors (Lipinski definition) is 0. The Morgan fingerprint density at radius 3 is 2.78 bits per heavy atom. The van der Waals surface area contributed by atoms with Gasteiger partial charge in [0.25, 0.3) is 0 Å². The second kappa shape index (κ2) is 6.48. The summed E-state index contributed by atoms with van der Waals surface area (Å²) < 4.78 is 2.04. The zero-order valence-electron chi connectivity index (χ0n) is 14.0. The van der Waals surface area contributed by atoms with Crippen molar-refractivity contribution in [3.8, 4) is 11.4 Å². The van der Waals surface area contributed by atoms with Crippen molar-refractivity contribution in [3.63, 3.8) is 0 Å². The normalized spacial score (nSPS) is 18.2. The molecule has 6 heteroatoms. The number of carbonyl (C=O) groups excluding carboxylic acids is 1. The van der Waals surface area contributed by atoms with E-state index in [1.807, 2.05) is 29.6 Å². The molecule has 0 saturated carbocycles. The van der Waals surface area contributed by atoms with Gasteiger partial charge >= 0.3 is 0 Å². The van der Waals surface area contributed by atoms with Crippen molar-refractivity contribution in [2.75, 3.05) is 13.1 Å². The summed E-state index contributed by atoms with van der Waals surface area (Å²) in [5.74, 6) is 1.56. The first-order valence-electron chi connectivity index (χ1n) is 8.10. The number of aryl methyl sites for hydroxylation is 1. The molecular formula is C17H23N5O. The van der Waals surface area contributed by atoms with Gasteiger partial charge < -0.3 is 9.47 Å². The van der Waals surface area contributed by atoms with E-state index in [1.165, 1.54) is 0 Å². The maximum absolute atomic E-state index is 11.6. The molecule has 1 fully saturated rings. The number of carbonyl (C=O) groups is 1. The standard InChI is InChI=1S/C17H23N5O/c1-12-20-10-16(21(12)3)17-15(18-6-7-19-17)9-14-5-4-8-22(11-14)13(2)23/h6-7,10,14H,4-5,8-9,11H2,1-3H3/t14-/m0/s1. The van der Waals surface area contributed by atoms with Crippen LogP contribution in [-0.2, 0) is 18.3 Å². The minimum Gasteiger partial charge on any atom is -0.343 e. The van der Waals surface area contributed by atoms with Gasteiger partial charge in [0.2, 0.25) is 5.91 Å². The molecule has 0 aromatic carbocycles. The van der Waals surface area contributed by atoms with Crippen molar-refractivity contribution in [1.82, 2.24) is 24.4 Å². The average Bonchev–Trinajstić information content (AvgIpc) is 2.88. The third-order valence-corrected chi connectivity index (χ3v) is 4.68. The van der Waals surface area contributed by atoms with E-state index >= 15 is 0 Å². The quantitative estimate of drug-likeness (QED) is 0.869. The van der Waals surface area contributed by atoms with Crippen LogP contribution < -0.4 is 0 Å². The highest BCUT2D eigenvalue weighted by molar-refractivity contribution is 5.73. The molecule has 0 unspecified atom stereocenters. The maximum Gasteiger partial charge on any atom is 0.219 e. The molecule has 122 valence electrons. The molecule has 2 aromatic heterocycles. The lowest BCUT2D eigenvalue weighted by atomic mass is 9.92. The molecule has 1 aliphatic rings. The summed E-state index contributed by atoms with van der Waals surface area (Å²) in [5.41, 5.74) is 2.88. The molecule has 0 bridgehead atoms. The summed E-state index contributed by atoms with van der Waals surface area (Å²) in [6.45, 7) is 5.32. The summed E-state index contributed by atoms with van der Waals surface area (Å²) in [4.78, 5) is 27.0. The van der Waals surface area contributed by atoms with Crippen LogP contribution in [0.2, 0.25) is 0 Å². The molecule has 1 saturated heterocycles. The molecular weight excluding hydrogens is 290 g/mol. The molecule has 3 heterocycles. The number of likely N-dealkylation sites (tertiary alicyclic amines) is 1. The van der Waals surface area contributed by atoms with Crippen LogP contribution in [0.25, 0.3) is 11.4 Å². The highest BCUT2D eigenvalue weighted by Gasteiger charge is 2.24. The fourth-order valence-electron chi connectivity index (χ4n) is 3.24. The Morgan fingerprint density at radius 2 is 2.09 bits per heavy atom. The highest BCUT2D eigenvalue weighted by atomic mass is 16.2. The van der Waals surface area contributed by atoms with Crippen molar-refractivity contribution in [3.05, 3.63) is 30.1 Å². The minimum atomic E-state index is 0.163. The van der Waals surface area contributed by atoms with Gasteiger partial charge in [-0.1, -0.05) is 0 Å². The first kappa shape index (κ1) is 15.6. The lowest BCUT2D eigenvalue weighted by molar-refractivity contribution is -0.130. The topological polar surface area (TPSA) is 63.9 Å². The van der Waals surface area contributed by atoms with Crippen LogP contribution in [0.4, 0.5) is 0 Å². The molecule has 0 radical (unpaired) electrons. The molecule has 1 atom stereocenters. The molecule has 3 rings (SSSR count). The number of hydrogen-bond acceptors (Lipinski definition) is 4. The van der Waals surface area contributed by atoms with Crippen LogP contribution in [0.3, 0.4) is 0 Å². The smallest absolute Gasteiger partial charge is 0.219 e. The van der Waals surface area contributed by atoms with Gasteiger partial charge in [0, 0.05) is 39.5 Å². The van der Waals surface area contributed by atoms with Gasteiger partial charge in [-0.2, -0.15) is 0 Å². The van der Waals surface area contributed by atoms with Crippen molar-refractivity contribution in [2.24, 2.45) is 13.0 Å². The molecule has 2 aromatic rings. The third kappa shape index (κ3) is 3.25. The van der Waals surface area contributed by atoms with Crippen LogP contribution in [0.5, 0.6) is 0 Å². The zero-order chi connectivity index (χ0) is 16.4. The first-order valence-corrected chi connectivity index (χ1v) is 8.10. The van der Waals surface area contributed by atoms with Crippen LogP contribution >= 0.6 is 0 Å². The summed E-state index contributed by atoms with van der Waals surface area (Å²) >= 11 is 0. The average molecular weight is 313 g/mol. The SMILES string of the molecule is CC(=O)N1CCC[C@@H](Cc2nccnc2-c2cnc(C)n2C)C1. The largest absolute Gasteiger partial charge is 0.343 e. The van der Waals surface area contributed by atoms with Crippen molar-refractivity contribution in [1.29, 1.82) is 0 Å². The van der Waals surface area contributed by atoms with Crippen molar-refractivity contribution in [2.45, 2.75) is 33.1 Å². The highest BCUT2D eigenvalue weighted by Crippen LogP contribution is 2.26. The summed E-state index contributed by atoms with van der Waals surface area (Å²) in [7, 11) is 1.99. The number of nitrogens with zero attached hydrogens (tertiary/aromatic N) is 5. The molecule has 6 nitrogen and oxygen atoms in total. The second-order valence-electron chi connectivity index (χ2n) is 6.28. The van der Waals surface area contributed by atoms with Crippen molar-refractivity contribution >= 4 is 5.91 Å². The Bertz CT molecular complexity index is 709. The Kier molecular flexibility index (Phi) is 4.41. The lowest BCUT2D eigenvalue weighted by Crippen LogP contribution is -2.39. The van der Waals surface area contributed by atoms with Gasteiger partial charge in [-0.05, 0) is 32.1 Å². The molecule has 23 heavy (non-hydrogen) atoms. The zero-order valence-corrected chi connectivity index (χ0v) is 14.0. The Morgan fingerprint density at radius 1 is 1.30 bits per heavy atom. The van der Waals surface area contributed by atoms with Gasteiger partial charge in [-0.3, -0.25) is 14.8 Å². The Hall–Kier alpha value is -2.24. The predicted octanol–water partition coefficient (Wildman–Crippen LogP) is 1.99. The second-order valence-corrected chi connectivity index (χ2v) is 6.28. The molecule has 0 N–H and O–H groups in total. The fraction of sp³-hybridized carbons (Fsp3) is 0.529.